The number of halogens is 1. The fourth-order valence-electron chi connectivity index (χ4n) is 2.57. The molecular weight excluding hydrogens is 276 g/mol. The molecule has 112 valence electrons. The summed E-state index contributed by atoms with van der Waals surface area (Å²) in [7, 11) is 3.76. The zero-order valence-corrected chi connectivity index (χ0v) is 13.1. The van der Waals surface area contributed by atoms with Crippen molar-refractivity contribution in [3.05, 3.63) is 28.8 Å². The van der Waals surface area contributed by atoms with Gasteiger partial charge in [0.05, 0.1) is 30.9 Å². The Hall–Kier alpha value is -0.810. The summed E-state index contributed by atoms with van der Waals surface area (Å²) in [6.07, 6.45) is 0.139. The lowest BCUT2D eigenvalue weighted by molar-refractivity contribution is -0.0390. The van der Waals surface area contributed by atoms with E-state index < -0.39 is 0 Å². The molecule has 2 unspecified atom stereocenters. The Labute approximate surface area is 126 Å². The summed E-state index contributed by atoms with van der Waals surface area (Å²) in [5.74, 6) is 0.705. The molecule has 1 aliphatic rings. The van der Waals surface area contributed by atoms with Gasteiger partial charge in [-0.05, 0) is 31.3 Å². The van der Waals surface area contributed by atoms with Gasteiger partial charge in [-0.15, -0.1) is 0 Å². The van der Waals surface area contributed by atoms with Gasteiger partial charge < -0.3 is 19.7 Å². The van der Waals surface area contributed by atoms with Gasteiger partial charge in [-0.3, -0.25) is 0 Å². The van der Waals surface area contributed by atoms with E-state index in [-0.39, 0.29) is 12.1 Å². The Morgan fingerprint density at radius 3 is 3.00 bits per heavy atom. The number of nitrogens with zero attached hydrogens (tertiary/aromatic N) is 1. The molecule has 0 aliphatic carbocycles. The molecule has 1 fully saturated rings. The van der Waals surface area contributed by atoms with E-state index in [4.69, 9.17) is 21.1 Å². The maximum Gasteiger partial charge on any atom is 0.137 e. The molecule has 0 bridgehead atoms. The summed E-state index contributed by atoms with van der Waals surface area (Å²) in [5, 5.41) is 4.14. The summed E-state index contributed by atoms with van der Waals surface area (Å²) in [6, 6.07) is 6.06. The number of morpholine rings is 1. The fraction of sp³-hybridized carbons (Fsp3) is 0.600. The molecule has 20 heavy (non-hydrogen) atoms. The Balaban J connectivity index is 2.23. The smallest absolute Gasteiger partial charge is 0.137 e. The molecule has 1 aromatic carbocycles. The van der Waals surface area contributed by atoms with Crippen molar-refractivity contribution in [2.45, 2.75) is 19.1 Å². The number of ether oxygens (including phenoxy) is 2. The Morgan fingerprint density at radius 2 is 2.35 bits per heavy atom. The van der Waals surface area contributed by atoms with Gasteiger partial charge in [0.1, 0.15) is 5.75 Å². The van der Waals surface area contributed by atoms with Crippen molar-refractivity contribution in [3.63, 3.8) is 0 Å². The first-order chi connectivity index (χ1) is 9.65. The molecule has 0 amide bonds. The number of nitrogens with one attached hydrogen (secondary N) is 1. The van der Waals surface area contributed by atoms with E-state index in [1.807, 2.05) is 18.2 Å². The van der Waals surface area contributed by atoms with Crippen LogP contribution in [0.25, 0.3) is 0 Å². The van der Waals surface area contributed by atoms with Crippen LogP contribution in [0.1, 0.15) is 18.5 Å². The summed E-state index contributed by atoms with van der Waals surface area (Å²) < 4.78 is 11.3. The maximum atomic E-state index is 6.10. The van der Waals surface area contributed by atoms with Crippen LogP contribution in [-0.4, -0.2) is 51.4 Å². The molecule has 5 heteroatoms. The highest BCUT2D eigenvalue weighted by Crippen LogP contribution is 2.30. The zero-order valence-electron chi connectivity index (χ0n) is 12.4. The van der Waals surface area contributed by atoms with Crippen LogP contribution in [0.4, 0.5) is 0 Å². The van der Waals surface area contributed by atoms with Crippen molar-refractivity contribution in [1.82, 2.24) is 10.2 Å². The van der Waals surface area contributed by atoms with Gasteiger partial charge in [0.15, 0.2) is 0 Å². The highest BCUT2D eigenvalue weighted by Gasteiger charge is 2.28. The Bertz CT molecular complexity index is 442. The standard InChI is InChI=1S/C15H23ClN2O2/c1-4-17-15(14-10-18(2)7-8-20-14)11-5-6-12(16)13(9-11)19-3/h5-6,9,14-15,17H,4,7-8,10H2,1-3H3. The predicted molar refractivity (Wildman–Crippen MR) is 81.7 cm³/mol. The minimum absolute atomic E-state index is 0.139. The average molecular weight is 299 g/mol. The van der Waals surface area contributed by atoms with Crippen LogP contribution < -0.4 is 10.1 Å². The highest BCUT2D eigenvalue weighted by molar-refractivity contribution is 6.32. The topological polar surface area (TPSA) is 33.7 Å². The van der Waals surface area contributed by atoms with Gasteiger partial charge in [0.2, 0.25) is 0 Å². The van der Waals surface area contributed by atoms with Gasteiger partial charge in [-0.1, -0.05) is 24.6 Å². The highest BCUT2D eigenvalue weighted by atomic mass is 35.5. The largest absolute Gasteiger partial charge is 0.495 e. The van der Waals surface area contributed by atoms with Crippen molar-refractivity contribution in [2.75, 3.05) is 40.4 Å². The average Bonchev–Trinajstić information content (AvgIpc) is 2.45. The van der Waals surface area contributed by atoms with Crippen LogP contribution in [0, 0.1) is 0 Å². The van der Waals surface area contributed by atoms with Crippen LogP contribution in [0.2, 0.25) is 5.02 Å². The summed E-state index contributed by atoms with van der Waals surface area (Å²) in [4.78, 5) is 2.30. The van der Waals surface area contributed by atoms with Crippen LogP contribution >= 0.6 is 11.6 Å². The van der Waals surface area contributed by atoms with Gasteiger partial charge in [-0.25, -0.2) is 0 Å². The first kappa shape index (κ1) is 15.6. The van der Waals surface area contributed by atoms with E-state index in [2.05, 4.69) is 24.2 Å². The minimum atomic E-state index is 0.139. The van der Waals surface area contributed by atoms with E-state index in [1.54, 1.807) is 7.11 Å². The molecule has 0 saturated carbocycles. The van der Waals surface area contributed by atoms with E-state index >= 15 is 0 Å². The minimum Gasteiger partial charge on any atom is -0.495 e. The number of methoxy groups -OCH3 is 1. The van der Waals surface area contributed by atoms with Crippen molar-refractivity contribution in [2.24, 2.45) is 0 Å². The number of hydrogen-bond donors (Lipinski definition) is 1. The monoisotopic (exact) mass is 298 g/mol. The molecule has 0 spiro atoms. The lowest BCUT2D eigenvalue weighted by Crippen LogP contribution is -2.46. The first-order valence-electron chi connectivity index (χ1n) is 7.02. The summed E-state index contributed by atoms with van der Waals surface area (Å²) in [6.45, 7) is 5.67. The van der Waals surface area contributed by atoms with Gasteiger partial charge >= 0.3 is 0 Å². The molecule has 1 aromatic rings. The molecule has 1 saturated heterocycles. The molecule has 1 heterocycles. The predicted octanol–water partition coefficient (Wildman–Crippen LogP) is 2.33. The van der Waals surface area contributed by atoms with Crippen LogP contribution in [0.15, 0.2) is 18.2 Å². The molecule has 2 rings (SSSR count). The number of likely N-dealkylation sites (N-methyl/N-ethyl adjacent to an activating group) is 2. The second-order valence-corrected chi connectivity index (χ2v) is 5.51. The van der Waals surface area contributed by atoms with E-state index in [0.717, 1.165) is 31.8 Å². The van der Waals surface area contributed by atoms with Crippen LogP contribution in [0.5, 0.6) is 5.75 Å². The molecule has 0 radical (unpaired) electrons. The zero-order chi connectivity index (χ0) is 14.5. The number of hydrogen-bond acceptors (Lipinski definition) is 4. The third kappa shape index (κ3) is 3.64. The quantitative estimate of drug-likeness (QED) is 0.905. The van der Waals surface area contributed by atoms with Crippen molar-refractivity contribution < 1.29 is 9.47 Å². The fourth-order valence-corrected chi connectivity index (χ4v) is 2.76. The van der Waals surface area contributed by atoms with Crippen molar-refractivity contribution >= 4 is 11.6 Å². The van der Waals surface area contributed by atoms with Gasteiger partial charge in [0, 0.05) is 13.1 Å². The Morgan fingerprint density at radius 1 is 1.55 bits per heavy atom. The van der Waals surface area contributed by atoms with E-state index in [9.17, 15) is 0 Å². The molecule has 1 aliphatic heterocycles. The second kappa shape index (κ2) is 7.27. The molecule has 2 atom stereocenters. The molecule has 1 N–H and O–H groups in total. The molecule has 4 nitrogen and oxygen atoms in total. The lowest BCUT2D eigenvalue weighted by atomic mass is 9.99. The van der Waals surface area contributed by atoms with Crippen molar-refractivity contribution in [1.29, 1.82) is 0 Å². The number of rotatable bonds is 5. The first-order valence-corrected chi connectivity index (χ1v) is 7.40. The summed E-state index contributed by atoms with van der Waals surface area (Å²) in [5.41, 5.74) is 1.15. The second-order valence-electron chi connectivity index (χ2n) is 5.10. The van der Waals surface area contributed by atoms with Crippen LogP contribution in [0.3, 0.4) is 0 Å². The third-order valence-electron chi connectivity index (χ3n) is 3.63. The van der Waals surface area contributed by atoms with E-state index in [0.29, 0.717) is 10.8 Å². The lowest BCUT2D eigenvalue weighted by Gasteiger charge is -2.35. The summed E-state index contributed by atoms with van der Waals surface area (Å²) >= 11 is 6.10. The molecule has 0 aromatic heterocycles. The molecular formula is C15H23ClN2O2. The van der Waals surface area contributed by atoms with Crippen molar-refractivity contribution in [3.8, 4) is 5.75 Å². The van der Waals surface area contributed by atoms with Gasteiger partial charge in [-0.2, -0.15) is 0 Å². The number of benzene rings is 1. The van der Waals surface area contributed by atoms with Gasteiger partial charge in [0.25, 0.3) is 0 Å². The van der Waals surface area contributed by atoms with Crippen LogP contribution in [-0.2, 0) is 4.74 Å². The maximum absolute atomic E-state index is 6.10. The normalized spacial score (nSPS) is 21.7. The van der Waals surface area contributed by atoms with E-state index in [1.165, 1.54) is 0 Å². The Kier molecular flexibility index (Phi) is 5.66. The third-order valence-corrected chi connectivity index (χ3v) is 3.94. The SMILES string of the molecule is CCNC(c1ccc(Cl)c(OC)c1)C1CN(C)CCO1.